The molecule has 0 spiro atoms. The fourth-order valence-corrected chi connectivity index (χ4v) is 2.30. The molecule has 0 aliphatic carbocycles. The first-order chi connectivity index (χ1) is 11.6. The normalized spacial score (nSPS) is 12.9. The molecule has 0 unspecified atom stereocenters. The van der Waals surface area contributed by atoms with Crippen LogP contribution in [-0.2, 0) is 0 Å². The van der Waals surface area contributed by atoms with Crippen molar-refractivity contribution < 1.29 is 9.72 Å². The number of non-ortho nitro benzene ring substituents is 1. The van der Waals surface area contributed by atoms with E-state index in [1.54, 1.807) is 6.07 Å². The van der Waals surface area contributed by atoms with Crippen LogP contribution in [0.5, 0.6) is 0 Å². The number of nitro benzene ring substituents is 1. The van der Waals surface area contributed by atoms with E-state index in [9.17, 15) is 14.9 Å². The number of hydrogen-bond acceptors (Lipinski definition) is 5. The number of nitro groups is 1. The molecule has 0 radical (unpaired) electrons. The van der Waals surface area contributed by atoms with E-state index < -0.39 is 11.0 Å². The second-order valence-electron chi connectivity index (χ2n) is 5.12. The molecule has 1 aliphatic rings. The predicted octanol–water partition coefficient (Wildman–Crippen LogP) is 2.59. The Bertz CT molecular complexity index is 802. The van der Waals surface area contributed by atoms with E-state index in [2.05, 4.69) is 20.9 Å². The van der Waals surface area contributed by atoms with Crippen molar-refractivity contribution in [2.45, 2.75) is 0 Å². The van der Waals surface area contributed by atoms with Gasteiger partial charge in [-0.05, 0) is 24.3 Å². The molecule has 8 heteroatoms. The smallest absolute Gasteiger partial charge is 0.323 e. The van der Waals surface area contributed by atoms with Crippen molar-refractivity contribution in [3.8, 4) is 0 Å². The molecule has 0 saturated heterocycles. The molecule has 0 saturated carbocycles. The third-order valence-corrected chi connectivity index (χ3v) is 3.40. The van der Waals surface area contributed by atoms with Gasteiger partial charge in [-0.25, -0.2) is 4.79 Å². The molecule has 2 amide bonds. The predicted molar refractivity (Wildman–Crippen MR) is 91.6 cm³/mol. The highest BCUT2D eigenvalue weighted by atomic mass is 16.6. The summed E-state index contributed by atoms with van der Waals surface area (Å²) >= 11 is 0. The van der Waals surface area contributed by atoms with Crippen LogP contribution in [0.4, 0.5) is 21.9 Å². The molecule has 2 aromatic rings. The van der Waals surface area contributed by atoms with Gasteiger partial charge < -0.3 is 16.0 Å². The van der Waals surface area contributed by atoms with E-state index >= 15 is 0 Å². The van der Waals surface area contributed by atoms with Crippen LogP contribution in [0.1, 0.15) is 5.56 Å². The Morgan fingerprint density at radius 1 is 1.12 bits per heavy atom. The monoisotopic (exact) mass is 325 g/mol. The Kier molecular flexibility index (Phi) is 4.37. The molecule has 24 heavy (non-hydrogen) atoms. The molecule has 8 nitrogen and oxygen atoms in total. The topological polar surface area (TPSA) is 109 Å². The molecule has 2 aromatic carbocycles. The summed E-state index contributed by atoms with van der Waals surface area (Å²) in [5.74, 6) is 0.814. The highest BCUT2D eigenvalue weighted by Crippen LogP contribution is 2.16. The number of carbonyl (C=O) groups is 1. The van der Waals surface area contributed by atoms with Gasteiger partial charge in [-0.15, -0.1) is 0 Å². The zero-order chi connectivity index (χ0) is 16.9. The second-order valence-corrected chi connectivity index (χ2v) is 5.12. The first-order valence-electron chi connectivity index (χ1n) is 7.33. The van der Waals surface area contributed by atoms with Crippen molar-refractivity contribution in [3.63, 3.8) is 0 Å². The van der Waals surface area contributed by atoms with Crippen molar-refractivity contribution in [2.24, 2.45) is 4.99 Å². The lowest BCUT2D eigenvalue weighted by molar-refractivity contribution is -0.384. The lowest BCUT2D eigenvalue weighted by Crippen LogP contribution is -2.21. The van der Waals surface area contributed by atoms with Gasteiger partial charge in [0.05, 0.1) is 11.5 Å². The first kappa shape index (κ1) is 15.5. The van der Waals surface area contributed by atoms with Crippen LogP contribution in [0.25, 0.3) is 0 Å². The maximum absolute atomic E-state index is 12.0. The number of benzene rings is 2. The summed E-state index contributed by atoms with van der Waals surface area (Å²) < 4.78 is 0. The summed E-state index contributed by atoms with van der Waals surface area (Å²) in [6, 6.07) is 12.5. The van der Waals surface area contributed by atoms with Gasteiger partial charge >= 0.3 is 6.03 Å². The van der Waals surface area contributed by atoms with E-state index in [-0.39, 0.29) is 5.69 Å². The SMILES string of the molecule is O=C(Nc1ccc([N+](=O)[O-])cc1)Nc1cccc(C2=NCCN2)c1. The van der Waals surface area contributed by atoms with Crippen LogP contribution in [0.15, 0.2) is 53.5 Å². The molecule has 122 valence electrons. The van der Waals surface area contributed by atoms with Crippen molar-refractivity contribution in [2.75, 3.05) is 23.7 Å². The number of amides is 2. The number of rotatable bonds is 4. The van der Waals surface area contributed by atoms with Crippen molar-refractivity contribution >= 4 is 28.9 Å². The van der Waals surface area contributed by atoms with Crippen LogP contribution in [0.2, 0.25) is 0 Å². The number of carbonyl (C=O) groups excluding carboxylic acids is 1. The number of nitrogens with zero attached hydrogens (tertiary/aromatic N) is 2. The summed E-state index contributed by atoms with van der Waals surface area (Å²) in [5, 5.41) is 19.1. The highest BCUT2D eigenvalue weighted by molar-refractivity contribution is 6.03. The van der Waals surface area contributed by atoms with Crippen LogP contribution in [0.3, 0.4) is 0 Å². The number of aliphatic imine (C=N–C) groups is 1. The van der Waals surface area contributed by atoms with E-state index in [0.717, 1.165) is 24.5 Å². The van der Waals surface area contributed by atoms with Gasteiger partial charge in [0.2, 0.25) is 0 Å². The Morgan fingerprint density at radius 2 is 1.88 bits per heavy atom. The molecule has 1 heterocycles. The Balaban J connectivity index is 1.64. The Hall–Kier alpha value is -3.42. The zero-order valence-electron chi connectivity index (χ0n) is 12.7. The van der Waals surface area contributed by atoms with Gasteiger partial charge in [-0.3, -0.25) is 15.1 Å². The minimum Gasteiger partial charge on any atom is -0.368 e. The maximum atomic E-state index is 12.0. The van der Waals surface area contributed by atoms with E-state index in [4.69, 9.17) is 0 Å². The minimum atomic E-state index is -0.491. The largest absolute Gasteiger partial charge is 0.368 e. The van der Waals surface area contributed by atoms with Crippen molar-refractivity contribution in [1.29, 1.82) is 0 Å². The van der Waals surface area contributed by atoms with Crippen molar-refractivity contribution in [3.05, 3.63) is 64.2 Å². The van der Waals surface area contributed by atoms with Gasteiger partial charge in [-0.1, -0.05) is 12.1 Å². The molecule has 0 bridgehead atoms. The molecular weight excluding hydrogens is 310 g/mol. The van der Waals surface area contributed by atoms with E-state index in [0.29, 0.717) is 11.4 Å². The first-order valence-corrected chi connectivity index (χ1v) is 7.33. The number of nitrogens with one attached hydrogen (secondary N) is 3. The van der Waals surface area contributed by atoms with Gasteiger partial charge in [0.25, 0.3) is 5.69 Å². The van der Waals surface area contributed by atoms with Gasteiger partial charge in [-0.2, -0.15) is 0 Å². The third-order valence-electron chi connectivity index (χ3n) is 3.40. The average molecular weight is 325 g/mol. The fraction of sp³-hybridized carbons (Fsp3) is 0.125. The lowest BCUT2D eigenvalue weighted by Gasteiger charge is -2.09. The highest BCUT2D eigenvalue weighted by Gasteiger charge is 2.10. The Labute approximate surface area is 137 Å². The van der Waals surface area contributed by atoms with Crippen LogP contribution in [-0.4, -0.2) is 29.9 Å². The molecule has 0 atom stereocenters. The van der Waals surface area contributed by atoms with Crippen LogP contribution in [0, 0.1) is 10.1 Å². The maximum Gasteiger partial charge on any atom is 0.323 e. The molecular formula is C16H15N5O3. The lowest BCUT2D eigenvalue weighted by atomic mass is 10.2. The van der Waals surface area contributed by atoms with Gasteiger partial charge in [0.1, 0.15) is 5.84 Å². The Morgan fingerprint density at radius 3 is 2.54 bits per heavy atom. The minimum absolute atomic E-state index is 0.0292. The summed E-state index contributed by atoms with van der Waals surface area (Å²) in [6.45, 7) is 1.56. The van der Waals surface area contributed by atoms with E-state index in [1.807, 2.05) is 18.2 Å². The number of urea groups is 1. The van der Waals surface area contributed by atoms with Gasteiger partial charge in [0.15, 0.2) is 0 Å². The molecule has 3 rings (SSSR count). The number of anilines is 2. The molecule has 0 fully saturated rings. The molecule has 0 aromatic heterocycles. The fourth-order valence-electron chi connectivity index (χ4n) is 2.30. The summed E-state index contributed by atoms with van der Waals surface area (Å²) in [6.07, 6.45) is 0. The number of hydrogen-bond donors (Lipinski definition) is 3. The summed E-state index contributed by atoms with van der Waals surface area (Å²) in [7, 11) is 0. The third kappa shape index (κ3) is 3.67. The number of amidine groups is 1. The average Bonchev–Trinajstić information content (AvgIpc) is 3.10. The summed E-state index contributed by atoms with van der Waals surface area (Å²) in [5.41, 5.74) is 1.97. The molecule has 3 N–H and O–H groups in total. The van der Waals surface area contributed by atoms with Crippen LogP contribution >= 0.6 is 0 Å². The second kappa shape index (κ2) is 6.78. The van der Waals surface area contributed by atoms with E-state index in [1.165, 1.54) is 24.3 Å². The quantitative estimate of drug-likeness (QED) is 0.593. The molecule has 1 aliphatic heterocycles. The summed E-state index contributed by atoms with van der Waals surface area (Å²) in [4.78, 5) is 26.5. The van der Waals surface area contributed by atoms with Gasteiger partial charge in [0, 0.05) is 35.6 Å². The van der Waals surface area contributed by atoms with Crippen molar-refractivity contribution in [1.82, 2.24) is 5.32 Å². The van der Waals surface area contributed by atoms with Crippen LogP contribution < -0.4 is 16.0 Å². The standard InChI is InChI=1S/C16H15N5O3/c22-16(19-12-4-6-14(7-5-12)21(23)24)20-13-3-1-2-11(10-13)15-17-8-9-18-15/h1-7,10H,8-9H2,(H,17,18)(H2,19,20,22). The zero-order valence-corrected chi connectivity index (χ0v) is 12.7.